The van der Waals surface area contributed by atoms with Crippen molar-refractivity contribution in [3.05, 3.63) is 53.4 Å². The molecular formula is C24H26N2O3S. The molecule has 5 nitrogen and oxygen atoms in total. The fourth-order valence-corrected chi connectivity index (χ4v) is 5.19. The molecule has 0 unspecified atom stereocenters. The molecule has 0 N–H and O–H groups in total. The zero-order valence-corrected chi connectivity index (χ0v) is 17.8. The number of thiophene rings is 1. The number of nitrogens with zero attached hydrogens (tertiary/aromatic N) is 2. The number of anilines is 1. The highest BCUT2D eigenvalue weighted by Gasteiger charge is 2.23. The summed E-state index contributed by atoms with van der Waals surface area (Å²) in [5, 5.41) is 3.10. The second-order valence-corrected chi connectivity index (χ2v) is 8.71. The molecule has 0 atom stereocenters. The Kier molecular flexibility index (Phi) is 5.60. The number of rotatable bonds is 5. The number of piperazine rings is 1. The summed E-state index contributed by atoms with van der Waals surface area (Å²) in [6, 6.07) is 14.3. The minimum absolute atomic E-state index is 0.244. The topological polar surface area (TPSA) is 42.0 Å². The standard InChI is InChI=1S/C24H26N2O3S/c27-21(19-17-30-23-8-2-1-5-18(19)23)9-10-25-11-13-26(14-12-25)20-6-3-7-22-24(20)29-16-4-15-28-22/h1-3,5-8,17H,4,9-16H2. The number of benzene rings is 2. The molecule has 3 heterocycles. The van der Waals surface area contributed by atoms with Crippen molar-refractivity contribution >= 4 is 32.9 Å². The normalized spacial score (nSPS) is 17.1. The lowest BCUT2D eigenvalue weighted by Gasteiger charge is -2.36. The van der Waals surface area contributed by atoms with E-state index in [4.69, 9.17) is 9.47 Å². The largest absolute Gasteiger partial charge is 0.489 e. The van der Waals surface area contributed by atoms with Gasteiger partial charge in [0.1, 0.15) is 0 Å². The fraction of sp³-hybridized carbons (Fsp3) is 0.375. The maximum atomic E-state index is 12.8. The van der Waals surface area contributed by atoms with Crippen LogP contribution in [0.15, 0.2) is 47.8 Å². The van der Waals surface area contributed by atoms with Crippen LogP contribution in [0.25, 0.3) is 10.1 Å². The van der Waals surface area contributed by atoms with Gasteiger partial charge >= 0.3 is 0 Å². The summed E-state index contributed by atoms with van der Waals surface area (Å²) < 4.78 is 13.0. The monoisotopic (exact) mass is 422 g/mol. The number of hydrogen-bond acceptors (Lipinski definition) is 6. The van der Waals surface area contributed by atoms with Gasteiger partial charge in [-0.15, -0.1) is 11.3 Å². The van der Waals surface area contributed by atoms with Crippen LogP contribution in [0.3, 0.4) is 0 Å². The van der Waals surface area contributed by atoms with Crippen LogP contribution in [0.1, 0.15) is 23.2 Å². The predicted octanol–water partition coefficient (Wildman–Crippen LogP) is 4.46. The zero-order valence-electron chi connectivity index (χ0n) is 17.0. The predicted molar refractivity (Wildman–Crippen MR) is 121 cm³/mol. The van der Waals surface area contributed by atoms with E-state index in [1.807, 2.05) is 35.7 Å². The second-order valence-electron chi connectivity index (χ2n) is 7.80. The van der Waals surface area contributed by atoms with E-state index in [-0.39, 0.29) is 5.78 Å². The molecular weight excluding hydrogens is 396 g/mol. The van der Waals surface area contributed by atoms with Gasteiger partial charge < -0.3 is 14.4 Å². The first-order valence-electron chi connectivity index (χ1n) is 10.6. The quantitative estimate of drug-likeness (QED) is 0.568. The molecule has 1 fully saturated rings. The first-order valence-corrected chi connectivity index (χ1v) is 11.5. The van der Waals surface area contributed by atoms with E-state index < -0.39 is 0 Å². The summed E-state index contributed by atoms with van der Waals surface area (Å²) in [5.74, 6) is 1.97. The molecule has 0 radical (unpaired) electrons. The minimum atomic E-state index is 0.244. The molecule has 3 aromatic rings. The number of hydrogen-bond donors (Lipinski definition) is 0. The van der Waals surface area contributed by atoms with Gasteiger partial charge in [0.2, 0.25) is 0 Å². The Labute approximate surface area is 180 Å². The number of carbonyl (C=O) groups is 1. The third-order valence-corrected chi connectivity index (χ3v) is 6.86. The van der Waals surface area contributed by atoms with Gasteiger partial charge in [-0.3, -0.25) is 9.69 Å². The first-order chi connectivity index (χ1) is 14.8. The number of ketones is 1. The van der Waals surface area contributed by atoms with Gasteiger partial charge in [-0.25, -0.2) is 0 Å². The summed E-state index contributed by atoms with van der Waals surface area (Å²) in [7, 11) is 0. The molecule has 1 aromatic heterocycles. The Morgan fingerprint density at radius 3 is 2.70 bits per heavy atom. The molecule has 0 amide bonds. The van der Waals surface area contributed by atoms with E-state index >= 15 is 0 Å². The Bertz CT molecular complexity index is 1040. The number of para-hydroxylation sites is 1. The van der Waals surface area contributed by atoms with Gasteiger partial charge in [-0.2, -0.15) is 0 Å². The molecule has 2 aliphatic heterocycles. The van der Waals surface area contributed by atoms with Crippen molar-refractivity contribution in [3.63, 3.8) is 0 Å². The highest BCUT2D eigenvalue weighted by atomic mass is 32.1. The summed E-state index contributed by atoms with van der Waals surface area (Å²) >= 11 is 1.65. The van der Waals surface area contributed by atoms with Crippen molar-refractivity contribution < 1.29 is 14.3 Å². The van der Waals surface area contributed by atoms with Crippen molar-refractivity contribution in [2.45, 2.75) is 12.8 Å². The van der Waals surface area contributed by atoms with Gasteiger partial charge in [-0.05, 0) is 18.2 Å². The van der Waals surface area contributed by atoms with Crippen molar-refractivity contribution in [2.24, 2.45) is 0 Å². The lowest BCUT2D eigenvalue weighted by atomic mass is 10.1. The van der Waals surface area contributed by atoms with E-state index in [1.165, 1.54) is 4.70 Å². The lowest BCUT2D eigenvalue weighted by Crippen LogP contribution is -2.47. The summed E-state index contributed by atoms with van der Waals surface area (Å²) in [6.45, 7) is 5.96. The highest BCUT2D eigenvalue weighted by molar-refractivity contribution is 7.17. The summed E-state index contributed by atoms with van der Waals surface area (Å²) in [5.41, 5.74) is 1.99. The van der Waals surface area contributed by atoms with Crippen LogP contribution in [0.2, 0.25) is 0 Å². The van der Waals surface area contributed by atoms with Gasteiger partial charge in [0.15, 0.2) is 17.3 Å². The molecule has 0 spiro atoms. The molecule has 156 valence electrons. The van der Waals surface area contributed by atoms with Crippen LogP contribution in [0.4, 0.5) is 5.69 Å². The minimum Gasteiger partial charge on any atom is -0.489 e. The maximum absolute atomic E-state index is 12.8. The molecule has 30 heavy (non-hydrogen) atoms. The molecule has 0 saturated carbocycles. The van der Waals surface area contributed by atoms with E-state index in [2.05, 4.69) is 21.9 Å². The molecule has 2 aliphatic rings. The van der Waals surface area contributed by atoms with Crippen molar-refractivity contribution in [3.8, 4) is 11.5 Å². The first kappa shape index (κ1) is 19.4. The highest BCUT2D eigenvalue weighted by Crippen LogP contribution is 2.39. The number of fused-ring (bicyclic) bond motifs is 2. The van der Waals surface area contributed by atoms with Crippen LogP contribution in [0, 0.1) is 0 Å². The van der Waals surface area contributed by atoms with E-state index in [0.29, 0.717) is 19.6 Å². The number of carbonyl (C=O) groups excluding carboxylic acids is 1. The van der Waals surface area contributed by atoms with Crippen molar-refractivity contribution in [1.29, 1.82) is 0 Å². The lowest BCUT2D eigenvalue weighted by molar-refractivity contribution is 0.0964. The van der Waals surface area contributed by atoms with E-state index in [0.717, 1.165) is 67.3 Å². The fourth-order valence-electron chi connectivity index (χ4n) is 4.23. The van der Waals surface area contributed by atoms with Gasteiger partial charge in [0, 0.05) is 66.6 Å². The molecule has 0 aliphatic carbocycles. The smallest absolute Gasteiger partial charge is 0.184 e. The number of ether oxygens (including phenoxy) is 2. The van der Waals surface area contributed by atoms with Gasteiger partial charge in [0.25, 0.3) is 0 Å². The van der Waals surface area contributed by atoms with Crippen LogP contribution < -0.4 is 14.4 Å². The Hall–Kier alpha value is -2.57. The van der Waals surface area contributed by atoms with Crippen LogP contribution in [-0.4, -0.2) is 56.6 Å². The van der Waals surface area contributed by atoms with Crippen molar-refractivity contribution in [2.75, 3.05) is 50.8 Å². The third kappa shape index (κ3) is 3.89. The molecule has 0 bridgehead atoms. The Morgan fingerprint density at radius 1 is 0.967 bits per heavy atom. The van der Waals surface area contributed by atoms with E-state index in [9.17, 15) is 4.79 Å². The molecule has 1 saturated heterocycles. The van der Waals surface area contributed by atoms with Gasteiger partial charge in [-0.1, -0.05) is 24.3 Å². The van der Waals surface area contributed by atoms with Crippen LogP contribution >= 0.6 is 11.3 Å². The zero-order chi connectivity index (χ0) is 20.3. The van der Waals surface area contributed by atoms with Crippen LogP contribution in [0.5, 0.6) is 11.5 Å². The Morgan fingerprint density at radius 2 is 1.80 bits per heavy atom. The SMILES string of the molecule is O=C(CCN1CCN(c2cccc3c2OCCCO3)CC1)c1csc2ccccc12. The molecule has 5 rings (SSSR count). The molecule has 2 aromatic carbocycles. The van der Waals surface area contributed by atoms with Crippen molar-refractivity contribution in [1.82, 2.24) is 4.90 Å². The summed E-state index contributed by atoms with van der Waals surface area (Å²) in [4.78, 5) is 17.5. The average molecular weight is 423 g/mol. The number of Topliss-reactive ketones (excluding diaryl/α,β-unsaturated/α-hetero) is 1. The second kappa shape index (κ2) is 8.66. The van der Waals surface area contributed by atoms with Crippen LogP contribution in [-0.2, 0) is 0 Å². The maximum Gasteiger partial charge on any atom is 0.184 e. The summed E-state index contributed by atoms with van der Waals surface area (Å²) in [6.07, 6.45) is 1.48. The van der Waals surface area contributed by atoms with Gasteiger partial charge in [0.05, 0.1) is 18.9 Å². The average Bonchev–Trinajstić information content (AvgIpc) is 3.07. The third-order valence-electron chi connectivity index (χ3n) is 5.90. The van der Waals surface area contributed by atoms with E-state index in [1.54, 1.807) is 11.3 Å². The Balaban J connectivity index is 1.18. The molecule has 6 heteroatoms.